The molecule has 6 rings (SSSR count). The molecule has 3 aliphatic carbocycles. The van der Waals surface area contributed by atoms with Gasteiger partial charge in [0.25, 0.3) is 5.91 Å². The van der Waals surface area contributed by atoms with Gasteiger partial charge in [-0.25, -0.2) is 9.97 Å². The normalized spacial score (nSPS) is 22.0. The number of benzene rings is 2. The summed E-state index contributed by atoms with van der Waals surface area (Å²) in [6.45, 7) is 0.596. The van der Waals surface area contributed by atoms with Crippen molar-refractivity contribution in [3.05, 3.63) is 88.9 Å². The van der Waals surface area contributed by atoms with Crippen molar-refractivity contribution in [1.82, 2.24) is 15.3 Å². The number of nitrogens with one attached hydrogen (secondary N) is 1. The molecule has 134 valence electrons. The van der Waals surface area contributed by atoms with E-state index in [1.807, 2.05) is 0 Å². The fraction of sp³-hybridized carbons (Fsp3) is 0.227. The van der Waals surface area contributed by atoms with Crippen LogP contribution in [0.3, 0.4) is 0 Å². The van der Waals surface area contributed by atoms with Crippen LogP contribution in [0.15, 0.2) is 60.9 Å². The van der Waals surface area contributed by atoms with Crippen LogP contribution < -0.4 is 11.1 Å². The standard InChI is InChI=1S/C22H20N4O/c23-21-20(24-9-10-25-21)22(27)26-12-13-11-18-14-5-1-3-7-16(14)19(13)17-8-4-2-6-15(17)18/h1-10,13,18-19H,11-12H2,(H2,23,25)(H,26,27)/t13-,18?,19?/m0/s1. The molecule has 5 nitrogen and oxygen atoms in total. The van der Waals surface area contributed by atoms with Gasteiger partial charge in [-0.05, 0) is 34.6 Å². The molecule has 0 spiro atoms. The van der Waals surface area contributed by atoms with Crippen molar-refractivity contribution in [2.75, 3.05) is 12.3 Å². The summed E-state index contributed by atoms with van der Waals surface area (Å²) in [6, 6.07) is 17.4. The number of nitrogen functional groups attached to an aromatic ring is 1. The largest absolute Gasteiger partial charge is 0.382 e. The number of carbonyl (C=O) groups is 1. The average molecular weight is 356 g/mol. The van der Waals surface area contributed by atoms with E-state index in [-0.39, 0.29) is 17.4 Å². The number of amides is 1. The Morgan fingerprint density at radius 2 is 1.56 bits per heavy atom. The minimum atomic E-state index is -0.261. The fourth-order valence-corrected chi connectivity index (χ4v) is 4.79. The summed E-state index contributed by atoms with van der Waals surface area (Å²) in [5.41, 5.74) is 11.6. The van der Waals surface area contributed by atoms with E-state index in [1.165, 1.54) is 34.6 Å². The lowest BCUT2D eigenvalue weighted by Gasteiger charge is -2.45. The van der Waals surface area contributed by atoms with Crippen molar-refractivity contribution in [3.8, 4) is 0 Å². The summed E-state index contributed by atoms with van der Waals surface area (Å²) >= 11 is 0. The number of hydrogen-bond acceptors (Lipinski definition) is 4. The van der Waals surface area contributed by atoms with Crippen molar-refractivity contribution in [3.63, 3.8) is 0 Å². The lowest BCUT2D eigenvalue weighted by Crippen LogP contribution is -2.39. The average Bonchev–Trinajstić information content (AvgIpc) is 2.72. The first-order chi connectivity index (χ1) is 13.2. The van der Waals surface area contributed by atoms with Crippen molar-refractivity contribution in [2.24, 2.45) is 5.92 Å². The predicted molar refractivity (Wildman–Crippen MR) is 103 cm³/mol. The molecule has 0 unspecified atom stereocenters. The van der Waals surface area contributed by atoms with Crippen LogP contribution in [0.25, 0.3) is 0 Å². The summed E-state index contributed by atoms with van der Waals surface area (Å²) in [7, 11) is 0. The van der Waals surface area contributed by atoms with Crippen molar-refractivity contribution >= 4 is 11.7 Å². The van der Waals surface area contributed by atoms with Crippen molar-refractivity contribution in [1.29, 1.82) is 0 Å². The number of aromatic nitrogens is 2. The number of nitrogens with two attached hydrogens (primary N) is 1. The third-order valence-electron chi connectivity index (χ3n) is 5.89. The summed E-state index contributed by atoms with van der Waals surface area (Å²) in [5, 5.41) is 3.03. The van der Waals surface area contributed by atoms with E-state index in [9.17, 15) is 4.79 Å². The Hall–Kier alpha value is -3.21. The quantitative estimate of drug-likeness (QED) is 0.756. The molecule has 1 aromatic heterocycles. The molecule has 27 heavy (non-hydrogen) atoms. The Morgan fingerprint density at radius 1 is 0.963 bits per heavy atom. The summed E-state index contributed by atoms with van der Waals surface area (Å²) < 4.78 is 0. The van der Waals surface area contributed by atoms with Gasteiger partial charge in [0, 0.05) is 30.8 Å². The van der Waals surface area contributed by atoms with E-state index in [1.54, 1.807) is 0 Å². The zero-order valence-corrected chi connectivity index (χ0v) is 14.8. The molecule has 2 bridgehead atoms. The number of rotatable bonds is 3. The molecule has 0 radical (unpaired) electrons. The lowest BCUT2D eigenvalue weighted by molar-refractivity contribution is 0.0938. The zero-order valence-electron chi connectivity index (χ0n) is 14.8. The summed E-state index contributed by atoms with van der Waals surface area (Å²) in [5.74, 6) is 0.953. The van der Waals surface area contributed by atoms with E-state index < -0.39 is 0 Å². The van der Waals surface area contributed by atoms with Crippen LogP contribution in [0.1, 0.15) is 51.0 Å². The van der Waals surface area contributed by atoms with Crippen LogP contribution in [-0.2, 0) is 0 Å². The third kappa shape index (κ3) is 2.50. The number of anilines is 1. The molecule has 0 saturated heterocycles. The smallest absolute Gasteiger partial charge is 0.273 e. The van der Waals surface area contributed by atoms with Crippen LogP contribution in [0.2, 0.25) is 0 Å². The molecule has 1 heterocycles. The molecule has 1 amide bonds. The van der Waals surface area contributed by atoms with E-state index in [4.69, 9.17) is 5.73 Å². The Kier molecular flexibility index (Phi) is 3.67. The SMILES string of the molecule is Nc1nccnc1C(=O)NC[C@@H]1CC2c3ccccc3C1c1ccccc12. The van der Waals surface area contributed by atoms with Crippen LogP contribution in [0, 0.1) is 5.92 Å². The van der Waals surface area contributed by atoms with Gasteiger partial charge in [0.2, 0.25) is 0 Å². The highest BCUT2D eigenvalue weighted by atomic mass is 16.1. The van der Waals surface area contributed by atoms with Gasteiger partial charge in [0.15, 0.2) is 11.5 Å². The molecule has 3 aliphatic rings. The highest BCUT2D eigenvalue weighted by molar-refractivity contribution is 5.96. The van der Waals surface area contributed by atoms with E-state index in [0.29, 0.717) is 24.3 Å². The zero-order chi connectivity index (χ0) is 18.4. The van der Waals surface area contributed by atoms with Gasteiger partial charge in [-0.15, -0.1) is 0 Å². The highest BCUT2D eigenvalue weighted by Gasteiger charge is 2.42. The molecule has 0 saturated carbocycles. The molecule has 2 aromatic carbocycles. The molecule has 5 heteroatoms. The monoisotopic (exact) mass is 356 g/mol. The minimum Gasteiger partial charge on any atom is -0.382 e. The maximum absolute atomic E-state index is 12.5. The lowest BCUT2D eigenvalue weighted by atomic mass is 9.59. The van der Waals surface area contributed by atoms with Crippen LogP contribution >= 0.6 is 0 Å². The van der Waals surface area contributed by atoms with E-state index >= 15 is 0 Å². The molecule has 3 N–H and O–H groups in total. The Bertz CT molecular complexity index is 985. The van der Waals surface area contributed by atoms with Gasteiger partial charge in [-0.1, -0.05) is 48.5 Å². The van der Waals surface area contributed by atoms with Crippen molar-refractivity contribution in [2.45, 2.75) is 18.3 Å². The number of nitrogens with zero attached hydrogens (tertiary/aromatic N) is 2. The Morgan fingerprint density at radius 3 is 2.19 bits per heavy atom. The van der Waals surface area contributed by atoms with E-state index in [2.05, 4.69) is 63.8 Å². The van der Waals surface area contributed by atoms with Crippen molar-refractivity contribution < 1.29 is 4.79 Å². The van der Waals surface area contributed by atoms with Crippen LogP contribution in [-0.4, -0.2) is 22.4 Å². The fourth-order valence-electron chi connectivity index (χ4n) is 4.79. The second-order valence-corrected chi connectivity index (χ2v) is 7.28. The maximum Gasteiger partial charge on any atom is 0.273 e. The Balaban J connectivity index is 1.44. The molecule has 0 aliphatic heterocycles. The predicted octanol–water partition coefficient (Wildman–Crippen LogP) is 3.09. The third-order valence-corrected chi connectivity index (χ3v) is 5.89. The Labute approximate surface area is 157 Å². The first-order valence-corrected chi connectivity index (χ1v) is 9.26. The first kappa shape index (κ1) is 16.0. The van der Waals surface area contributed by atoms with Gasteiger partial charge in [-0.3, -0.25) is 4.79 Å². The van der Waals surface area contributed by atoms with Gasteiger partial charge < -0.3 is 11.1 Å². The topological polar surface area (TPSA) is 80.9 Å². The van der Waals surface area contributed by atoms with Gasteiger partial charge in [-0.2, -0.15) is 0 Å². The molecule has 0 fully saturated rings. The molecular weight excluding hydrogens is 336 g/mol. The van der Waals surface area contributed by atoms with Crippen LogP contribution in [0.4, 0.5) is 5.82 Å². The second-order valence-electron chi connectivity index (χ2n) is 7.28. The first-order valence-electron chi connectivity index (χ1n) is 9.26. The molecule has 1 atom stereocenters. The second kappa shape index (κ2) is 6.20. The minimum absolute atomic E-state index is 0.163. The van der Waals surface area contributed by atoms with Crippen LogP contribution in [0.5, 0.6) is 0 Å². The highest BCUT2D eigenvalue weighted by Crippen LogP contribution is 2.55. The molecular formula is C22H20N4O. The maximum atomic E-state index is 12.5. The molecule has 3 aromatic rings. The van der Waals surface area contributed by atoms with Gasteiger partial charge in [0.1, 0.15) is 0 Å². The van der Waals surface area contributed by atoms with Gasteiger partial charge in [0.05, 0.1) is 0 Å². The number of fused-ring (bicyclic) bond motifs is 1. The number of hydrogen-bond donors (Lipinski definition) is 2. The van der Waals surface area contributed by atoms with E-state index in [0.717, 1.165) is 6.42 Å². The summed E-state index contributed by atoms with van der Waals surface area (Å²) in [6.07, 6.45) is 4.01. The summed E-state index contributed by atoms with van der Waals surface area (Å²) in [4.78, 5) is 20.5. The van der Waals surface area contributed by atoms with Gasteiger partial charge >= 0.3 is 0 Å². The number of carbonyl (C=O) groups excluding carboxylic acids is 1.